The summed E-state index contributed by atoms with van der Waals surface area (Å²) >= 11 is 3.54. The Labute approximate surface area is 133 Å². The van der Waals surface area contributed by atoms with Crippen molar-refractivity contribution in [2.75, 3.05) is 26.2 Å². The fourth-order valence-electron chi connectivity index (χ4n) is 3.40. The molecule has 1 saturated heterocycles. The second kappa shape index (κ2) is 5.55. The highest BCUT2D eigenvalue weighted by atomic mass is 79.9. The van der Waals surface area contributed by atoms with Gasteiger partial charge in [0.2, 0.25) is 0 Å². The van der Waals surface area contributed by atoms with Crippen molar-refractivity contribution < 1.29 is 0 Å². The third-order valence-corrected chi connectivity index (χ3v) is 5.01. The summed E-state index contributed by atoms with van der Waals surface area (Å²) in [5.74, 6) is 0. The molecule has 2 aliphatic heterocycles. The van der Waals surface area contributed by atoms with Gasteiger partial charge in [-0.15, -0.1) is 0 Å². The molecule has 0 N–H and O–H groups in total. The molecule has 2 aromatic heterocycles. The molecule has 0 spiro atoms. The van der Waals surface area contributed by atoms with Crippen LogP contribution in [0.5, 0.6) is 0 Å². The summed E-state index contributed by atoms with van der Waals surface area (Å²) < 4.78 is 3.28. The number of likely N-dealkylation sites (tertiary alicyclic amines) is 1. The summed E-state index contributed by atoms with van der Waals surface area (Å²) in [6.07, 6.45) is 9.96. The van der Waals surface area contributed by atoms with Crippen molar-refractivity contribution in [3.05, 3.63) is 46.8 Å². The summed E-state index contributed by atoms with van der Waals surface area (Å²) in [5, 5.41) is 0. The Bertz CT molecular complexity index is 670. The lowest BCUT2D eigenvalue weighted by Gasteiger charge is -2.23. The molecule has 1 fully saturated rings. The van der Waals surface area contributed by atoms with Crippen LogP contribution in [0.4, 0.5) is 0 Å². The van der Waals surface area contributed by atoms with Gasteiger partial charge in [-0.2, -0.15) is 0 Å². The van der Waals surface area contributed by atoms with Gasteiger partial charge in [-0.3, -0.25) is 9.80 Å². The molecular weight excluding hydrogens is 328 g/mol. The average molecular weight is 347 g/mol. The Balaban J connectivity index is 1.47. The number of nitrogens with zero attached hydrogens (tertiary/aromatic N) is 4. The molecule has 4 heterocycles. The predicted molar refractivity (Wildman–Crippen MR) is 87.3 cm³/mol. The summed E-state index contributed by atoms with van der Waals surface area (Å²) in [6.45, 7) is 5.59. The molecule has 0 radical (unpaired) electrons. The minimum Gasteiger partial charge on any atom is -0.302 e. The van der Waals surface area contributed by atoms with E-state index < -0.39 is 0 Å². The van der Waals surface area contributed by atoms with Crippen molar-refractivity contribution in [2.45, 2.75) is 19.0 Å². The predicted octanol–water partition coefficient (Wildman–Crippen LogP) is 2.54. The number of pyridine rings is 1. The van der Waals surface area contributed by atoms with Crippen LogP contribution < -0.4 is 0 Å². The zero-order chi connectivity index (χ0) is 14.2. The summed E-state index contributed by atoms with van der Waals surface area (Å²) in [5.41, 5.74) is 2.29. The lowest BCUT2D eigenvalue weighted by molar-refractivity contribution is 0.236. The van der Waals surface area contributed by atoms with Gasteiger partial charge in [0.05, 0.1) is 11.9 Å². The quantitative estimate of drug-likeness (QED) is 0.798. The fourth-order valence-corrected chi connectivity index (χ4v) is 3.73. The Morgan fingerprint density at radius 2 is 2.10 bits per heavy atom. The molecule has 0 aromatic carbocycles. The molecular formula is C16H19BrN4. The van der Waals surface area contributed by atoms with E-state index >= 15 is 0 Å². The van der Waals surface area contributed by atoms with Gasteiger partial charge in [-0.1, -0.05) is 12.2 Å². The maximum absolute atomic E-state index is 4.49. The first-order valence-electron chi connectivity index (χ1n) is 7.52. The normalized spacial score (nSPS) is 23.6. The molecule has 0 amide bonds. The zero-order valence-electron chi connectivity index (χ0n) is 12.0. The first kappa shape index (κ1) is 13.5. The minimum atomic E-state index is 0.714. The van der Waals surface area contributed by atoms with Crippen molar-refractivity contribution >= 4 is 21.6 Å². The Hall–Kier alpha value is -1.17. The van der Waals surface area contributed by atoms with Crippen molar-refractivity contribution in [2.24, 2.45) is 0 Å². The third-order valence-electron chi connectivity index (χ3n) is 4.54. The first-order valence-corrected chi connectivity index (χ1v) is 8.32. The van der Waals surface area contributed by atoms with E-state index in [4.69, 9.17) is 0 Å². The number of fused-ring (bicyclic) bond motifs is 1. The standard InChI is InChI=1S/C16H19BrN4/c17-13-3-4-16-18-9-15(21(16)10-13)12-19-8-5-14(11-19)20-6-1-2-7-20/h1-4,9-10,14H,5-8,11-12H2/t14-/m1/s1. The Morgan fingerprint density at radius 3 is 2.95 bits per heavy atom. The highest BCUT2D eigenvalue weighted by Crippen LogP contribution is 2.21. The van der Waals surface area contributed by atoms with Crippen molar-refractivity contribution in [1.82, 2.24) is 19.2 Å². The van der Waals surface area contributed by atoms with E-state index in [0.717, 1.165) is 29.8 Å². The van der Waals surface area contributed by atoms with Gasteiger partial charge in [0.25, 0.3) is 0 Å². The van der Waals surface area contributed by atoms with Crippen LogP contribution in [0.2, 0.25) is 0 Å². The van der Waals surface area contributed by atoms with E-state index in [-0.39, 0.29) is 0 Å². The van der Waals surface area contributed by atoms with Crippen LogP contribution in [0.1, 0.15) is 12.1 Å². The van der Waals surface area contributed by atoms with Crippen LogP contribution in [0.25, 0.3) is 5.65 Å². The molecule has 5 heteroatoms. The van der Waals surface area contributed by atoms with Gasteiger partial charge < -0.3 is 4.40 Å². The molecule has 0 unspecified atom stereocenters. The first-order chi connectivity index (χ1) is 10.3. The molecule has 2 aliphatic rings. The number of hydrogen-bond acceptors (Lipinski definition) is 3. The largest absolute Gasteiger partial charge is 0.302 e. The zero-order valence-corrected chi connectivity index (χ0v) is 13.5. The van der Waals surface area contributed by atoms with Gasteiger partial charge in [0, 0.05) is 49.4 Å². The van der Waals surface area contributed by atoms with Crippen LogP contribution in [-0.4, -0.2) is 51.4 Å². The third kappa shape index (κ3) is 2.65. The molecule has 110 valence electrons. The van der Waals surface area contributed by atoms with Crippen LogP contribution in [-0.2, 0) is 6.54 Å². The maximum Gasteiger partial charge on any atom is 0.136 e. The van der Waals surface area contributed by atoms with Gasteiger partial charge in [-0.05, 0) is 34.5 Å². The number of imidazole rings is 1. The van der Waals surface area contributed by atoms with Gasteiger partial charge in [0.15, 0.2) is 0 Å². The second-order valence-corrected chi connectivity index (χ2v) is 6.84. The average Bonchev–Trinajstić information content (AvgIpc) is 3.20. The summed E-state index contributed by atoms with van der Waals surface area (Å²) in [4.78, 5) is 9.62. The highest BCUT2D eigenvalue weighted by molar-refractivity contribution is 9.10. The minimum absolute atomic E-state index is 0.714. The Kier molecular flexibility index (Phi) is 3.57. The number of rotatable bonds is 3. The maximum atomic E-state index is 4.49. The van der Waals surface area contributed by atoms with Crippen molar-refractivity contribution in [1.29, 1.82) is 0 Å². The molecule has 21 heavy (non-hydrogen) atoms. The lowest BCUT2D eigenvalue weighted by Crippen LogP contribution is -2.35. The van der Waals surface area contributed by atoms with Crippen LogP contribution in [0.15, 0.2) is 41.2 Å². The SMILES string of the molecule is Brc1ccc2ncc(CN3CC[C@@H](N4CC=CC4)C3)n2c1. The summed E-state index contributed by atoms with van der Waals surface area (Å²) in [7, 11) is 0. The van der Waals surface area contributed by atoms with Crippen LogP contribution >= 0.6 is 15.9 Å². The topological polar surface area (TPSA) is 23.8 Å². The number of hydrogen-bond donors (Lipinski definition) is 0. The summed E-state index contributed by atoms with van der Waals surface area (Å²) in [6, 6.07) is 4.81. The molecule has 0 bridgehead atoms. The Morgan fingerprint density at radius 1 is 1.24 bits per heavy atom. The van der Waals surface area contributed by atoms with E-state index in [0.29, 0.717) is 6.04 Å². The molecule has 0 saturated carbocycles. The van der Waals surface area contributed by atoms with E-state index in [1.807, 2.05) is 12.3 Å². The van der Waals surface area contributed by atoms with Gasteiger partial charge >= 0.3 is 0 Å². The van der Waals surface area contributed by atoms with Gasteiger partial charge in [-0.25, -0.2) is 4.98 Å². The molecule has 0 aliphatic carbocycles. The van der Waals surface area contributed by atoms with E-state index in [9.17, 15) is 0 Å². The van der Waals surface area contributed by atoms with Crippen LogP contribution in [0, 0.1) is 0 Å². The highest BCUT2D eigenvalue weighted by Gasteiger charge is 2.28. The number of halogens is 1. The molecule has 2 aromatic rings. The molecule has 4 nitrogen and oxygen atoms in total. The molecule has 4 rings (SSSR count). The lowest BCUT2D eigenvalue weighted by atomic mass is 10.2. The van der Waals surface area contributed by atoms with Gasteiger partial charge in [0.1, 0.15) is 5.65 Å². The second-order valence-electron chi connectivity index (χ2n) is 5.93. The monoisotopic (exact) mass is 346 g/mol. The van der Waals surface area contributed by atoms with Crippen molar-refractivity contribution in [3.63, 3.8) is 0 Å². The number of aromatic nitrogens is 2. The van der Waals surface area contributed by atoms with E-state index in [1.165, 1.54) is 25.2 Å². The smallest absolute Gasteiger partial charge is 0.136 e. The fraction of sp³-hybridized carbons (Fsp3) is 0.438. The van der Waals surface area contributed by atoms with E-state index in [2.05, 4.69) is 59.5 Å². The van der Waals surface area contributed by atoms with Crippen molar-refractivity contribution in [3.8, 4) is 0 Å². The van der Waals surface area contributed by atoms with Crippen LogP contribution in [0.3, 0.4) is 0 Å². The molecule has 1 atom stereocenters. The van der Waals surface area contributed by atoms with E-state index in [1.54, 1.807) is 0 Å².